The molecule has 2 N–H and O–H groups in total. The summed E-state index contributed by atoms with van der Waals surface area (Å²) in [7, 11) is 0. The van der Waals surface area contributed by atoms with E-state index in [1.165, 1.54) is 11.1 Å². The Bertz CT molecular complexity index is 708. The van der Waals surface area contributed by atoms with E-state index in [2.05, 4.69) is 60.9 Å². The van der Waals surface area contributed by atoms with Crippen molar-refractivity contribution in [2.75, 3.05) is 19.7 Å². The largest absolute Gasteiger partial charge is 0.494 e. The maximum absolute atomic E-state index is 5.74. The molecule has 0 atom stereocenters. The molecule has 1 aromatic carbocycles. The van der Waals surface area contributed by atoms with Gasteiger partial charge in [0.1, 0.15) is 5.75 Å². The molecule has 0 radical (unpaired) electrons. The van der Waals surface area contributed by atoms with E-state index < -0.39 is 0 Å². The smallest absolute Gasteiger partial charge is 0.191 e. The second-order valence-electron chi connectivity index (χ2n) is 6.30. The van der Waals surface area contributed by atoms with Crippen molar-refractivity contribution in [3.8, 4) is 5.75 Å². The molecule has 0 bridgehead atoms. The zero-order chi connectivity index (χ0) is 18.8. The number of rotatable bonds is 9. The summed E-state index contributed by atoms with van der Waals surface area (Å²) in [5.41, 5.74) is 3.48. The third-order valence-corrected chi connectivity index (χ3v) is 3.89. The van der Waals surface area contributed by atoms with Crippen LogP contribution in [0.4, 0.5) is 0 Å². The molecule has 0 saturated carbocycles. The van der Waals surface area contributed by atoms with Gasteiger partial charge >= 0.3 is 0 Å². The SMILES string of the molecule is CCNC(=NCc1ccc(C)cc1OCC)NCCCn1cc(C)cn1. The molecule has 1 heterocycles. The monoisotopic (exact) mass is 357 g/mol. The van der Waals surface area contributed by atoms with Crippen LogP contribution in [0.15, 0.2) is 35.6 Å². The Morgan fingerprint density at radius 1 is 1.19 bits per heavy atom. The zero-order valence-corrected chi connectivity index (χ0v) is 16.4. The minimum absolute atomic E-state index is 0.587. The first-order chi connectivity index (χ1) is 12.6. The van der Waals surface area contributed by atoms with Gasteiger partial charge in [-0.1, -0.05) is 12.1 Å². The van der Waals surface area contributed by atoms with Gasteiger partial charge in [0.05, 0.1) is 19.3 Å². The Kier molecular flexibility index (Phi) is 7.99. The average molecular weight is 358 g/mol. The van der Waals surface area contributed by atoms with Crippen LogP contribution in [0.1, 0.15) is 37.0 Å². The van der Waals surface area contributed by atoms with Crippen LogP contribution in [0.5, 0.6) is 5.75 Å². The molecule has 0 fully saturated rings. The maximum atomic E-state index is 5.74. The number of guanidine groups is 1. The maximum Gasteiger partial charge on any atom is 0.191 e. The molecule has 2 aromatic rings. The number of nitrogens with one attached hydrogen (secondary N) is 2. The number of benzene rings is 1. The molecule has 6 heteroatoms. The highest BCUT2D eigenvalue weighted by Gasteiger charge is 2.04. The Morgan fingerprint density at radius 2 is 2.04 bits per heavy atom. The summed E-state index contributed by atoms with van der Waals surface area (Å²) < 4.78 is 7.71. The van der Waals surface area contributed by atoms with Gasteiger partial charge in [-0.25, -0.2) is 4.99 Å². The molecule has 0 spiro atoms. The molecule has 0 aliphatic carbocycles. The molecular formula is C20H31N5O. The summed E-state index contributed by atoms with van der Waals surface area (Å²) in [6.45, 7) is 12.0. The highest BCUT2D eigenvalue weighted by molar-refractivity contribution is 5.79. The number of ether oxygens (including phenoxy) is 1. The van der Waals surface area contributed by atoms with Crippen LogP contribution in [-0.2, 0) is 13.1 Å². The van der Waals surface area contributed by atoms with Gasteiger partial charge in [0.25, 0.3) is 0 Å². The molecule has 6 nitrogen and oxygen atoms in total. The number of aliphatic imine (C=N–C) groups is 1. The summed E-state index contributed by atoms with van der Waals surface area (Å²) in [5, 5.41) is 11.0. The van der Waals surface area contributed by atoms with Crippen molar-refractivity contribution in [1.82, 2.24) is 20.4 Å². The van der Waals surface area contributed by atoms with Gasteiger partial charge in [-0.15, -0.1) is 0 Å². The average Bonchev–Trinajstić information content (AvgIpc) is 3.03. The number of aryl methyl sites for hydroxylation is 3. The standard InChI is InChI=1S/C20H31N5O/c1-5-21-20(22-10-7-11-25-15-17(4)13-24-25)23-14-18-9-8-16(3)12-19(18)26-6-2/h8-9,12-13,15H,5-7,10-11,14H2,1-4H3,(H2,21,22,23). The van der Waals surface area contributed by atoms with Crippen LogP contribution in [0.3, 0.4) is 0 Å². The Morgan fingerprint density at radius 3 is 2.73 bits per heavy atom. The second kappa shape index (κ2) is 10.5. The van der Waals surface area contributed by atoms with E-state index >= 15 is 0 Å². The molecule has 0 unspecified atom stereocenters. The Labute approximate surface area is 156 Å². The second-order valence-corrected chi connectivity index (χ2v) is 6.30. The topological polar surface area (TPSA) is 63.5 Å². The lowest BCUT2D eigenvalue weighted by Gasteiger charge is -2.13. The molecule has 142 valence electrons. The molecular weight excluding hydrogens is 326 g/mol. The number of hydrogen-bond acceptors (Lipinski definition) is 3. The van der Waals surface area contributed by atoms with Crippen LogP contribution in [0.25, 0.3) is 0 Å². The predicted molar refractivity (Wildman–Crippen MR) is 107 cm³/mol. The van der Waals surface area contributed by atoms with E-state index in [1.54, 1.807) is 0 Å². The minimum atomic E-state index is 0.587. The quantitative estimate of drug-likeness (QED) is 0.411. The predicted octanol–water partition coefficient (Wildman–Crippen LogP) is 3.04. The van der Waals surface area contributed by atoms with Gasteiger partial charge in [-0.05, 0) is 51.3 Å². The van der Waals surface area contributed by atoms with Crippen molar-refractivity contribution in [1.29, 1.82) is 0 Å². The molecule has 0 amide bonds. The number of aromatic nitrogens is 2. The third kappa shape index (κ3) is 6.43. The van der Waals surface area contributed by atoms with Crippen LogP contribution >= 0.6 is 0 Å². The van der Waals surface area contributed by atoms with Gasteiger partial charge in [0, 0.05) is 31.4 Å². The normalized spacial score (nSPS) is 11.5. The zero-order valence-electron chi connectivity index (χ0n) is 16.4. The molecule has 2 rings (SSSR count). The van der Waals surface area contributed by atoms with Crippen molar-refractivity contribution in [3.05, 3.63) is 47.3 Å². The van der Waals surface area contributed by atoms with E-state index in [4.69, 9.17) is 9.73 Å². The Balaban J connectivity index is 1.89. The summed E-state index contributed by atoms with van der Waals surface area (Å²) >= 11 is 0. The lowest BCUT2D eigenvalue weighted by molar-refractivity contribution is 0.336. The van der Waals surface area contributed by atoms with E-state index in [0.29, 0.717) is 13.2 Å². The van der Waals surface area contributed by atoms with Gasteiger partial charge in [0.15, 0.2) is 5.96 Å². The summed E-state index contributed by atoms with van der Waals surface area (Å²) in [6.07, 6.45) is 4.93. The van der Waals surface area contributed by atoms with Crippen molar-refractivity contribution < 1.29 is 4.74 Å². The molecule has 0 saturated heterocycles. The van der Waals surface area contributed by atoms with Crippen molar-refractivity contribution in [2.24, 2.45) is 4.99 Å². The lowest BCUT2D eigenvalue weighted by atomic mass is 10.1. The minimum Gasteiger partial charge on any atom is -0.494 e. The first-order valence-electron chi connectivity index (χ1n) is 9.36. The highest BCUT2D eigenvalue weighted by Crippen LogP contribution is 2.21. The summed E-state index contributed by atoms with van der Waals surface area (Å²) in [4.78, 5) is 4.70. The van der Waals surface area contributed by atoms with Gasteiger partial charge in [-0.3, -0.25) is 4.68 Å². The third-order valence-electron chi connectivity index (χ3n) is 3.89. The van der Waals surface area contributed by atoms with Crippen LogP contribution < -0.4 is 15.4 Å². The molecule has 26 heavy (non-hydrogen) atoms. The molecule has 0 aliphatic rings. The first kappa shape index (κ1) is 19.8. The van der Waals surface area contributed by atoms with E-state index in [-0.39, 0.29) is 0 Å². The van der Waals surface area contributed by atoms with Gasteiger partial charge in [0.2, 0.25) is 0 Å². The number of hydrogen-bond donors (Lipinski definition) is 2. The lowest BCUT2D eigenvalue weighted by Crippen LogP contribution is -2.38. The summed E-state index contributed by atoms with van der Waals surface area (Å²) in [6, 6.07) is 6.26. The van der Waals surface area contributed by atoms with Crippen molar-refractivity contribution in [3.63, 3.8) is 0 Å². The fraction of sp³-hybridized carbons (Fsp3) is 0.500. The van der Waals surface area contributed by atoms with Crippen LogP contribution in [0, 0.1) is 13.8 Å². The fourth-order valence-electron chi connectivity index (χ4n) is 2.63. The van der Waals surface area contributed by atoms with Crippen LogP contribution in [-0.4, -0.2) is 35.4 Å². The van der Waals surface area contributed by atoms with Crippen LogP contribution in [0.2, 0.25) is 0 Å². The van der Waals surface area contributed by atoms with E-state index in [9.17, 15) is 0 Å². The molecule has 1 aromatic heterocycles. The Hall–Kier alpha value is -2.50. The summed E-state index contributed by atoms with van der Waals surface area (Å²) in [5.74, 6) is 1.74. The van der Waals surface area contributed by atoms with E-state index in [0.717, 1.165) is 43.3 Å². The van der Waals surface area contributed by atoms with Crippen molar-refractivity contribution in [2.45, 2.75) is 47.2 Å². The number of nitrogens with zero attached hydrogens (tertiary/aromatic N) is 3. The fourth-order valence-corrected chi connectivity index (χ4v) is 2.63. The molecule has 0 aliphatic heterocycles. The van der Waals surface area contributed by atoms with Crippen molar-refractivity contribution >= 4 is 5.96 Å². The van der Waals surface area contributed by atoms with E-state index in [1.807, 2.05) is 17.8 Å². The van der Waals surface area contributed by atoms with Gasteiger partial charge < -0.3 is 15.4 Å². The van der Waals surface area contributed by atoms with Gasteiger partial charge in [-0.2, -0.15) is 5.10 Å². The highest BCUT2D eigenvalue weighted by atomic mass is 16.5. The first-order valence-corrected chi connectivity index (χ1v) is 9.36.